The fraction of sp³-hybridized carbons (Fsp3) is 0.0455. The summed E-state index contributed by atoms with van der Waals surface area (Å²) in [4.78, 5) is 12.4. The lowest BCUT2D eigenvalue weighted by Crippen LogP contribution is -2.04. The molecule has 1 aliphatic heterocycles. The van der Waals surface area contributed by atoms with Gasteiger partial charge in [0.15, 0.2) is 0 Å². The molecular weight excluding hydrogens is 409 g/mol. The van der Waals surface area contributed by atoms with E-state index < -0.39 is 0 Å². The van der Waals surface area contributed by atoms with Crippen LogP contribution in [0.15, 0.2) is 71.2 Å². The van der Waals surface area contributed by atoms with E-state index in [1.165, 1.54) is 6.07 Å². The van der Waals surface area contributed by atoms with Gasteiger partial charge >= 0.3 is 0 Å². The maximum absolute atomic E-state index is 13.8. The maximum atomic E-state index is 13.8. The van der Waals surface area contributed by atoms with E-state index in [0.29, 0.717) is 16.9 Å². The van der Waals surface area contributed by atoms with E-state index in [4.69, 9.17) is 4.74 Å². The topological polar surface area (TPSA) is 38.3 Å². The van der Waals surface area contributed by atoms with E-state index in [1.54, 1.807) is 30.3 Å². The number of para-hydroxylation sites is 1. The van der Waals surface area contributed by atoms with E-state index in [1.807, 2.05) is 36.4 Å². The highest BCUT2D eigenvalue weighted by Crippen LogP contribution is 2.35. The van der Waals surface area contributed by atoms with Crippen LogP contribution in [0, 0.1) is 5.82 Å². The number of hydrogen-bond donors (Lipinski definition) is 1. The molecule has 27 heavy (non-hydrogen) atoms. The molecule has 3 nitrogen and oxygen atoms in total. The zero-order valence-corrected chi connectivity index (χ0v) is 15.8. The lowest BCUT2D eigenvalue weighted by atomic mass is 10.0. The van der Waals surface area contributed by atoms with Crippen molar-refractivity contribution in [3.05, 3.63) is 93.7 Å². The minimum absolute atomic E-state index is 0.104. The van der Waals surface area contributed by atoms with Crippen LogP contribution in [0.4, 0.5) is 10.1 Å². The highest BCUT2D eigenvalue weighted by molar-refractivity contribution is 9.10. The molecule has 134 valence electrons. The summed E-state index contributed by atoms with van der Waals surface area (Å²) in [5.41, 5.74) is 3.42. The molecule has 1 N–H and O–H groups in total. The molecule has 0 aliphatic carbocycles. The molecule has 0 saturated heterocycles. The third kappa shape index (κ3) is 3.64. The minimum Gasteiger partial charge on any atom is -0.488 e. The summed E-state index contributed by atoms with van der Waals surface area (Å²) >= 11 is 3.45. The Morgan fingerprint density at radius 2 is 1.81 bits per heavy atom. The maximum Gasteiger partial charge on any atom is 0.256 e. The second kappa shape index (κ2) is 7.37. The van der Waals surface area contributed by atoms with Gasteiger partial charge in [0, 0.05) is 32.4 Å². The van der Waals surface area contributed by atoms with Crippen molar-refractivity contribution in [2.24, 2.45) is 0 Å². The largest absolute Gasteiger partial charge is 0.488 e. The molecule has 1 heterocycles. The number of carbonyl (C=O) groups is 1. The molecule has 1 aliphatic rings. The van der Waals surface area contributed by atoms with Gasteiger partial charge in [-0.3, -0.25) is 4.79 Å². The normalized spacial score (nSPS) is 14.1. The van der Waals surface area contributed by atoms with E-state index in [2.05, 4.69) is 21.2 Å². The van der Waals surface area contributed by atoms with Crippen LogP contribution in [0.5, 0.6) is 5.75 Å². The minimum atomic E-state index is -0.307. The van der Waals surface area contributed by atoms with Crippen LogP contribution in [-0.4, -0.2) is 5.91 Å². The van der Waals surface area contributed by atoms with E-state index in [0.717, 1.165) is 21.3 Å². The van der Waals surface area contributed by atoms with Gasteiger partial charge < -0.3 is 10.1 Å². The summed E-state index contributed by atoms with van der Waals surface area (Å²) < 4.78 is 20.6. The number of rotatable bonds is 4. The first-order valence-electron chi connectivity index (χ1n) is 8.40. The number of amides is 1. The third-order valence-electron chi connectivity index (χ3n) is 4.32. The number of halogens is 2. The van der Waals surface area contributed by atoms with Crippen LogP contribution in [0.25, 0.3) is 11.6 Å². The van der Waals surface area contributed by atoms with Crippen molar-refractivity contribution < 1.29 is 13.9 Å². The number of ether oxygens (including phenoxy) is 1. The Balaban J connectivity index is 1.68. The highest BCUT2D eigenvalue weighted by atomic mass is 79.9. The SMILES string of the molecule is O=C1Nc2ccccc2C1=Cc1cc(Br)ccc1OCc1ccccc1F. The number of hydrogen-bond acceptors (Lipinski definition) is 2. The van der Waals surface area contributed by atoms with Gasteiger partial charge in [-0.05, 0) is 36.4 Å². The first kappa shape index (κ1) is 17.5. The van der Waals surface area contributed by atoms with Gasteiger partial charge in [0.25, 0.3) is 5.91 Å². The van der Waals surface area contributed by atoms with Crippen molar-refractivity contribution in [1.82, 2.24) is 0 Å². The summed E-state index contributed by atoms with van der Waals surface area (Å²) in [7, 11) is 0. The molecule has 1 amide bonds. The first-order valence-corrected chi connectivity index (χ1v) is 9.19. The highest BCUT2D eigenvalue weighted by Gasteiger charge is 2.23. The van der Waals surface area contributed by atoms with Gasteiger partial charge in [-0.1, -0.05) is 52.3 Å². The van der Waals surface area contributed by atoms with Crippen molar-refractivity contribution in [1.29, 1.82) is 0 Å². The molecule has 4 rings (SSSR count). The Bertz CT molecular complexity index is 1060. The van der Waals surface area contributed by atoms with Gasteiger partial charge in [-0.2, -0.15) is 0 Å². The summed E-state index contributed by atoms with van der Waals surface area (Å²) in [6.45, 7) is 0.104. The predicted octanol–water partition coefficient (Wildman–Crippen LogP) is 5.66. The summed E-state index contributed by atoms with van der Waals surface area (Å²) in [6.07, 6.45) is 1.79. The Hall–Kier alpha value is -2.92. The van der Waals surface area contributed by atoms with Crippen molar-refractivity contribution in [2.75, 3.05) is 5.32 Å². The number of carbonyl (C=O) groups excluding carboxylic acids is 1. The van der Waals surface area contributed by atoms with Crippen LogP contribution in [0.3, 0.4) is 0 Å². The molecule has 0 atom stereocenters. The Morgan fingerprint density at radius 1 is 1.04 bits per heavy atom. The molecule has 0 aromatic heterocycles. The van der Waals surface area contributed by atoms with Gasteiger partial charge in [0.1, 0.15) is 18.2 Å². The average molecular weight is 424 g/mol. The van der Waals surface area contributed by atoms with Gasteiger partial charge in [-0.15, -0.1) is 0 Å². The molecule has 3 aromatic carbocycles. The summed E-state index contributed by atoms with van der Waals surface area (Å²) in [5.74, 6) is 0.112. The molecule has 0 fully saturated rings. The van der Waals surface area contributed by atoms with Gasteiger partial charge in [0.2, 0.25) is 0 Å². The molecule has 0 bridgehead atoms. The summed E-state index contributed by atoms with van der Waals surface area (Å²) in [5, 5.41) is 2.86. The lowest BCUT2D eigenvalue weighted by molar-refractivity contribution is -0.110. The number of nitrogens with one attached hydrogen (secondary N) is 1. The molecule has 5 heteroatoms. The average Bonchev–Trinajstić information content (AvgIpc) is 2.98. The third-order valence-corrected chi connectivity index (χ3v) is 4.82. The zero-order valence-electron chi connectivity index (χ0n) is 14.2. The van der Waals surface area contributed by atoms with Crippen LogP contribution < -0.4 is 10.1 Å². The lowest BCUT2D eigenvalue weighted by Gasteiger charge is -2.11. The second-order valence-electron chi connectivity index (χ2n) is 6.12. The molecule has 0 spiro atoms. The second-order valence-corrected chi connectivity index (χ2v) is 7.04. The van der Waals surface area contributed by atoms with E-state index in [-0.39, 0.29) is 18.3 Å². The molecule has 3 aromatic rings. The first-order chi connectivity index (χ1) is 13.1. The van der Waals surface area contributed by atoms with Crippen LogP contribution in [0.2, 0.25) is 0 Å². The zero-order chi connectivity index (χ0) is 18.8. The molecule has 0 radical (unpaired) electrons. The van der Waals surface area contributed by atoms with Crippen molar-refractivity contribution >= 4 is 39.2 Å². The van der Waals surface area contributed by atoms with Crippen LogP contribution in [-0.2, 0) is 11.4 Å². The summed E-state index contributed by atoms with van der Waals surface area (Å²) in [6, 6.07) is 19.6. The molecule has 0 saturated carbocycles. The number of anilines is 1. The Kier molecular flexibility index (Phi) is 4.77. The van der Waals surface area contributed by atoms with E-state index >= 15 is 0 Å². The smallest absolute Gasteiger partial charge is 0.256 e. The standard InChI is InChI=1S/C22H15BrFNO2/c23-16-9-10-21(27-13-14-5-1-3-7-19(14)24)15(11-16)12-18-17-6-2-4-8-20(17)25-22(18)26/h1-12H,13H2,(H,25,26). The van der Waals surface area contributed by atoms with Crippen molar-refractivity contribution in [3.63, 3.8) is 0 Å². The van der Waals surface area contributed by atoms with Crippen LogP contribution >= 0.6 is 15.9 Å². The van der Waals surface area contributed by atoms with Crippen molar-refractivity contribution in [3.8, 4) is 5.75 Å². The Labute approximate surface area is 164 Å². The molecular formula is C22H15BrFNO2. The fourth-order valence-corrected chi connectivity index (χ4v) is 3.35. The number of fused-ring (bicyclic) bond motifs is 1. The monoisotopic (exact) mass is 423 g/mol. The molecule has 0 unspecified atom stereocenters. The fourth-order valence-electron chi connectivity index (χ4n) is 2.97. The van der Waals surface area contributed by atoms with E-state index in [9.17, 15) is 9.18 Å². The predicted molar refractivity (Wildman–Crippen MR) is 108 cm³/mol. The van der Waals surface area contributed by atoms with Crippen molar-refractivity contribution in [2.45, 2.75) is 6.61 Å². The van der Waals surface area contributed by atoms with Gasteiger partial charge in [0.05, 0.1) is 0 Å². The quantitative estimate of drug-likeness (QED) is 0.549. The number of benzene rings is 3. The van der Waals surface area contributed by atoms with Gasteiger partial charge in [-0.25, -0.2) is 4.39 Å². The Morgan fingerprint density at radius 3 is 2.67 bits per heavy atom. The van der Waals surface area contributed by atoms with Crippen LogP contribution in [0.1, 0.15) is 16.7 Å².